The SMILES string of the molecule is N#Cc1ccnc(OCC(F)(F)F)n1. The molecule has 0 saturated carbocycles. The molecule has 1 heterocycles. The van der Waals surface area contributed by atoms with Crippen molar-refractivity contribution in [1.82, 2.24) is 9.97 Å². The van der Waals surface area contributed by atoms with Gasteiger partial charge in [0.05, 0.1) is 0 Å². The van der Waals surface area contributed by atoms with Gasteiger partial charge in [-0.15, -0.1) is 0 Å². The summed E-state index contributed by atoms with van der Waals surface area (Å²) in [5, 5.41) is 8.37. The van der Waals surface area contributed by atoms with Crippen molar-refractivity contribution in [1.29, 1.82) is 5.26 Å². The quantitative estimate of drug-likeness (QED) is 0.726. The van der Waals surface area contributed by atoms with Crippen molar-refractivity contribution in [2.75, 3.05) is 6.61 Å². The molecule has 7 heteroatoms. The summed E-state index contributed by atoms with van der Waals surface area (Å²) < 4.78 is 39.2. The van der Waals surface area contributed by atoms with Crippen LogP contribution in [0.4, 0.5) is 13.2 Å². The lowest BCUT2D eigenvalue weighted by Crippen LogP contribution is -2.20. The molecule has 0 aliphatic carbocycles. The Morgan fingerprint density at radius 2 is 2.21 bits per heavy atom. The van der Waals surface area contributed by atoms with Crippen LogP contribution >= 0.6 is 0 Å². The summed E-state index contributed by atoms with van der Waals surface area (Å²) in [4.78, 5) is 6.81. The smallest absolute Gasteiger partial charge is 0.422 e. The van der Waals surface area contributed by atoms with Crippen LogP contribution in [-0.2, 0) is 0 Å². The summed E-state index contributed by atoms with van der Waals surface area (Å²) in [5.74, 6) is 0. The lowest BCUT2D eigenvalue weighted by molar-refractivity contribution is -0.154. The first-order valence-electron chi connectivity index (χ1n) is 3.44. The van der Waals surface area contributed by atoms with Gasteiger partial charge in [0.1, 0.15) is 11.8 Å². The molecule has 0 aliphatic heterocycles. The number of nitrogens with zero attached hydrogens (tertiary/aromatic N) is 3. The fraction of sp³-hybridized carbons (Fsp3) is 0.286. The lowest BCUT2D eigenvalue weighted by atomic mass is 10.4. The zero-order valence-electron chi connectivity index (χ0n) is 6.75. The van der Waals surface area contributed by atoms with Crippen molar-refractivity contribution in [2.45, 2.75) is 6.18 Å². The molecule has 4 nitrogen and oxygen atoms in total. The highest BCUT2D eigenvalue weighted by molar-refractivity contribution is 5.19. The zero-order chi connectivity index (χ0) is 10.6. The van der Waals surface area contributed by atoms with Crippen LogP contribution in [0.3, 0.4) is 0 Å². The van der Waals surface area contributed by atoms with Gasteiger partial charge in [0, 0.05) is 6.20 Å². The van der Waals surface area contributed by atoms with E-state index in [-0.39, 0.29) is 5.69 Å². The third-order valence-electron chi connectivity index (χ3n) is 1.11. The molecule has 0 aliphatic rings. The van der Waals surface area contributed by atoms with E-state index in [1.807, 2.05) is 0 Å². The molecular weight excluding hydrogens is 199 g/mol. The summed E-state index contributed by atoms with van der Waals surface area (Å²) in [6, 6.07) is 2.46. The van der Waals surface area contributed by atoms with Crippen molar-refractivity contribution < 1.29 is 17.9 Å². The minimum Gasteiger partial charge on any atom is -0.454 e. The number of rotatable bonds is 2. The van der Waals surface area contributed by atoms with Crippen LogP contribution in [0.1, 0.15) is 5.69 Å². The number of halogens is 3. The second-order valence-corrected chi connectivity index (χ2v) is 2.24. The molecular formula is C7H4F3N3O. The van der Waals surface area contributed by atoms with E-state index in [2.05, 4.69) is 14.7 Å². The molecule has 74 valence electrons. The highest BCUT2D eigenvalue weighted by Crippen LogP contribution is 2.15. The Kier molecular flexibility index (Phi) is 2.86. The van der Waals surface area contributed by atoms with Gasteiger partial charge in [-0.1, -0.05) is 0 Å². The second kappa shape index (κ2) is 3.91. The highest BCUT2D eigenvalue weighted by atomic mass is 19.4. The van der Waals surface area contributed by atoms with Gasteiger partial charge in [-0.05, 0) is 6.07 Å². The standard InChI is InChI=1S/C7H4F3N3O/c8-7(9,10)4-14-6-12-2-1-5(3-11)13-6/h1-2H,4H2. The first kappa shape index (κ1) is 10.2. The fourth-order valence-corrected chi connectivity index (χ4v) is 0.619. The molecule has 0 fully saturated rings. The van der Waals surface area contributed by atoms with E-state index in [1.54, 1.807) is 6.07 Å². The molecule has 0 N–H and O–H groups in total. The zero-order valence-corrected chi connectivity index (χ0v) is 6.75. The molecule has 14 heavy (non-hydrogen) atoms. The van der Waals surface area contributed by atoms with Crippen LogP contribution in [0.2, 0.25) is 0 Å². The molecule has 1 aromatic rings. The number of hydrogen-bond acceptors (Lipinski definition) is 4. The van der Waals surface area contributed by atoms with Gasteiger partial charge >= 0.3 is 12.2 Å². The predicted molar refractivity (Wildman–Crippen MR) is 38.3 cm³/mol. The van der Waals surface area contributed by atoms with Crippen molar-refractivity contribution in [2.24, 2.45) is 0 Å². The normalized spacial score (nSPS) is 10.7. The molecule has 0 aromatic carbocycles. The number of aromatic nitrogens is 2. The lowest BCUT2D eigenvalue weighted by Gasteiger charge is -2.06. The molecule has 0 radical (unpaired) electrons. The minimum absolute atomic E-state index is 0.0443. The van der Waals surface area contributed by atoms with Gasteiger partial charge in [-0.3, -0.25) is 0 Å². The van der Waals surface area contributed by atoms with E-state index < -0.39 is 18.8 Å². The Morgan fingerprint density at radius 1 is 1.50 bits per heavy atom. The number of alkyl halides is 3. The van der Waals surface area contributed by atoms with Crippen molar-refractivity contribution in [3.05, 3.63) is 18.0 Å². The summed E-state index contributed by atoms with van der Waals surface area (Å²) in [6.07, 6.45) is -3.29. The van der Waals surface area contributed by atoms with Gasteiger partial charge in [0.15, 0.2) is 6.61 Å². The highest BCUT2D eigenvalue weighted by Gasteiger charge is 2.28. The van der Waals surface area contributed by atoms with Crippen molar-refractivity contribution >= 4 is 0 Å². The number of nitriles is 1. The summed E-state index contributed by atoms with van der Waals surface area (Å²) in [6.45, 7) is -1.47. The molecule has 1 rings (SSSR count). The molecule has 0 atom stereocenters. The topological polar surface area (TPSA) is 58.8 Å². The first-order valence-corrected chi connectivity index (χ1v) is 3.44. The van der Waals surface area contributed by atoms with Gasteiger partial charge in [0.25, 0.3) is 0 Å². The van der Waals surface area contributed by atoms with Crippen LogP contribution < -0.4 is 4.74 Å². The Labute approximate surface area is 77.0 Å². The monoisotopic (exact) mass is 203 g/mol. The van der Waals surface area contributed by atoms with Crippen molar-refractivity contribution in [3.8, 4) is 12.1 Å². The average Bonchev–Trinajstić information content (AvgIpc) is 2.14. The van der Waals surface area contributed by atoms with Crippen LogP contribution in [0.25, 0.3) is 0 Å². The second-order valence-electron chi connectivity index (χ2n) is 2.24. The van der Waals surface area contributed by atoms with E-state index in [1.165, 1.54) is 6.07 Å². The number of hydrogen-bond donors (Lipinski definition) is 0. The summed E-state index contributed by atoms with van der Waals surface area (Å²) in [5.41, 5.74) is -0.0443. The summed E-state index contributed by atoms with van der Waals surface area (Å²) in [7, 11) is 0. The van der Waals surface area contributed by atoms with E-state index in [0.29, 0.717) is 0 Å². The van der Waals surface area contributed by atoms with E-state index in [9.17, 15) is 13.2 Å². The Hall–Kier alpha value is -1.84. The summed E-state index contributed by atoms with van der Waals surface area (Å²) >= 11 is 0. The number of ether oxygens (including phenoxy) is 1. The maximum atomic E-state index is 11.7. The van der Waals surface area contributed by atoms with Gasteiger partial charge in [-0.25, -0.2) is 4.98 Å². The molecule has 0 saturated heterocycles. The first-order chi connectivity index (χ1) is 6.51. The molecule has 0 spiro atoms. The predicted octanol–water partition coefficient (Wildman–Crippen LogP) is 1.29. The fourth-order valence-electron chi connectivity index (χ4n) is 0.619. The molecule has 0 amide bonds. The Bertz CT molecular complexity index is 358. The van der Waals surface area contributed by atoms with Crippen LogP contribution in [-0.4, -0.2) is 22.8 Å². The minimum atomic E-state index is -4.44. The Morgan fingerprint density at radius 3 is 2.79 bits per heavy atom. The third kappa shape index (κ3) is 3.26. The Balaban J connectivity index is 2.65. The van der Waals surface area contributed by atoms with E-state index >= 15 is 0 Å². The largest absolute Gasteiger partial charge is 0.454 e. The van der Waals surface area contributed by atoms with Crippen LogP contribution in [0, 0.1) is 11.3 Å². The maximum absolute atomic E-state index is 11.7. The molecule has 0 bridgehead atoms. The van der Waals surface area contributed by atoms with Crippen LogP contribution in [0.15, 0.2) is 12.3 Å². The van der Waals surface area contributed by atoms with E-state index in [0.717, 1.165) is 6.20 Å². The van der Waals surface area contributed by atoms with Gasteiger partial charge in [0.2, 0.25) is 0 Å². The molecule has 0 unspecified atom stereocenters. The van der Waals surface area contributed by atoms with E-state index in [4.69, 9.17) is 5.26 Å². The maximum Gasteiger partial charge on any atom is 0.422 e. The third-order valence-corrected chi connectivity index (χ3v) is 1.11. The molecule has 1 aromatic heterocycles. The van der Waals surface area contributed by atoms with Crippen molar-refractivity contribution in [3.63, 3.8) is 0 Å². The average molecular weight is 203 g/mol. The van der Waals surface area contributed by atoms with Gasteiger partial charge < -0.3 is 4.74 Å². The van der Waals surface area contributed by atoms with Gasteiger partial charge in [-0.2, -0.15) is 23.4 Å². The van der Waals surface area contributed by atoms with Crippen LogP contribution in [0.5, 0.6) is 6.01 Å².